The summed E-state index contributed by atoms with van der Waals surface area (Å²) < 4.78 is 5.50. The Morgan fingerprint density at radius 2 is 2.26 bits per heavy atom. The van der Waals surface area contributed by atoms with E-state index in [2.05, 4.69) is 10.5 Å². The van der Waals surface area contributed by atoms with Crippen molar-refractivity contribution in [2.75, 3.05) is 6.61 Å². The number of carbonyl (C=O) groups is 1. The number of oxime groups is 1. The van der Waals surface area contributed by atoms with Crippen molar-refractivity contribution in [3.05, 3.63) is 29.3 Å². The van der Waals surface area contributed by atoms with E-state index in [0.29, 0.717) is 23.1 Å². The number of rotatable bonds is 5. The fourth-order valence-electron chi connectivity index (χ4n) is 1.75. The van der Waals surface area contributed by atoms with Gasteiger partial charge in [0.1, 0.15) is 5.75 Å². The quantitative estimate of drug-likeness (QED) is 0.483. The summed E-state index contributed by atoms with van der Waals surface area (Å²) in [7, 11) is 0. The highest BCUT2D eigenvalue weighted by Crippen LogP contribution is 2.21. The van der Waals surface area contributed by atoms with Gasteiger partial charge in [0, 0.05) is 11.6 Å². The fourth-order valence-corrected chi connectivity index (χ4v) is 1.75. The smallest absolute Gasteiger partial charge is 0.258 e. The molecule has 1 amide bonds. The van der Waals surface area contributed by atoms with E-state index in [1.54, 1.807) is 13.0 Å². The Balaban J connectivity index is 2.04. The van der Waals surface area contributed by atoms with Crippen LogP contribution in [0.3, 0.4) is 0 Å². The molecule has 5 nitrogen and oxygen atoms in total. The monoisotopic (exact) mass is 262 g/mol. The van der Waals surface area contributed by atoms with Gasteiger partial charge >= 0.3 is 0 Å². The molecule has 0 unspecified atom stereocenters. The number of hydrogen-bond donors (Lipinski definition) is 2. The molecule has 1 aromatic rings. The number of nitrogens with one attached hydrogen (secondary N) is 1. The van der Waals surface area contributed by atoms with Crippen LogP contribution in [0.4, 0.5) is 0 Å². The lowest BCUT2D eigenvalue weighted by Crippen LogP contribution is -2.30. The van der Waals surface area contributed by atoms with Crippen molar-refractivity contribution in [3.8, 4) is 5.75 Å². The van der Waals surface area contributed by atoms with Gasteiger partial charge in [-0.3, -0.25) is 4.79 Å². The first-order valence-electron chi connectivity index (χ1n) is 6.32. The highest BCUT2D eigenvalue weighted by molar-refractivity contribution is 6.01. The molecule has 0 heterocycles. The standard InChI is InChI=1S/C14H18N2O3/c1-9-3-6-13(12(7-9)10(2)16-18)19-8-14(17)15-11-4-5-11/h3,6-7,11,18H,4-5,8H2,1-2H3,(H,15,17)/b16-10+. The van der Waals surface area contributed by atoms with Crippen molar-refractivity contribution in [2.24, 2.45) is 5.16 Å². The van der Waals surface area contributed by atoms with Crippen molar-refractivity contribution < 1.29 is 14.7 Å². The highest BCUT2D eigenvalue weighted by Gasteiger charge is 2.23. The van der Waals surface area contributed by atoms with Gasteiger partial charge in [0.05, 0.1) is 5.71 Å². The maximum atomic E-state index is 11.6. The van der Waals surface area contributed by atoms with E-state index in [-0.39, 0.29) is 12.5 Å². The van der Waals surface area contributed by atoms with Crippen LogP contribution in [0.1, 0.15) is 30.9 Å². The Bertz CT molecular complexity index is 507. The molecule has 0 atom stereocenters. The molecule has 1 saturated carbocycles. The van der Waals surface area contributed by atoms with Crippen LogP contribution in [0.15, 0.2) is 23.4 Å². The first-order chi connectivity index (χ1) is 9.10. The van der Waals surface area contributed by atoms with Gasteiger partial charge < -0.3 is 15.3 Å². The summed E-state index contributed by atoms with van der Waals surface area (Å²) in [6, 6.07) is 5.87. The molecule has 0 saturated heterocycles. The molecule has 0 radical (unpaired) electrons. The van der Waals surface area contributed by atoms with E-state index in [1.165, 1.54) is 0 Å². The topological polar surface area (TPSA) is 70.9 Å². The zero-order chi connectivity index (χ0) is 13.8. The Labute approximate surface area is 112 Å². The minimum Gasteiger partial charge on any atom is -0.483 e. The molecular formula is C14H18N2O3. The van der Waals surface area contributed by atoms with Crippen LogP contribution in [-0.2, 0) is 4.79 Å². The number of hydrogen-bond acceptors (Lipinski definition) is 4. The van der Waals surface area contributed by atoms with Crippen LogP contribution < -0.4 is 10.1 Å². The normalized spacial score (nSPS) is 15.2. The van der Waals surface area contributed by atoms with E-state index in [1.807, 2.05) is 19.1 Å². The molecule has 102 valence electrons. The molecule has 1 fully saturated rings. The lowest BCUT2D eigenvalue weighted by molar-refractivity contribution is -0.123. The number of benzene rings is 1. The molecule has 2 N–H and O–H groups in total. The molecule has 0 aromatic heterocycles. The summed E-state index contributed by atoms with van der Waals surface area (Å²) in [6.45, 7) is 3.61. The summed E-state index contributed by atoms with van der Waals surface area (Å²) >= 11 is 0. The highest BCUT2D eigenvalue weighted by atomic mass is 16.5. The van der Waals surface area contributed by atoms with Crippen LogP contribution in [0.2, 0.25) is 0 Å². The van der Waals surface area contributed by atoms with Gasteiger partial charge in [-0.05, 0) is 38.8 Å². The van der Waals surface area contributed by atoms with E-state index < -0.39 is 0 Å². The Kier molecular flexibility index (Phi) is 4.04. The predicted octanol–water partition coefficient (Wildman–Crippen LogP) is 1.85. The third kappa shape index (κ3) is 3.71. The maximum absolute atomic E-state index is 11.6. The molecule has 19 heavy (non-hydrogen) atoms. The molecule has 0 bridgehead atoms. The average Bonchev–Trinajstić information content (AvgIpc) is 3.20. The summed E-state index contributed by atoms with van der Waals surface area (Å²) in [6.07, 6.45) is 2.11. The molecule has 1 aromatic carbocycles. The molecule has 0 spiro atoms. The minimum absolute atomic E-state index is 0.0226. The van der Waals surface area contributed by atoms with Crippen LogP contribution in [0.25, 0.3) is 0 Å². The lowest BCUT2D eigenvalue weighted by Gasteiger charge is -2.11. The van der Waals surface area contributed by atoms with Gasteiger partial charge in [-0.2, -0.15) is 0 Å². The minimum atomic E-state index is -0.118. The molecule has 5 heteroatoms. The van der Waals surface area contributed by atoms with E-state index in [9.17, 15) is 4.79 Å². The second-order valence-corrected chi connectivity index (χ2v) is 4.82. The molecule has 0 aliphatic heterocycles. The van der Waals surface area contributed by atoms with Crippen molar-refractivity contribution in [1.82, 2.24) is 5.32 Å². The van der Waals surface area contributed by atoms with Crippen molar-refractivity contribution in [1.29, 1.82) is 0 Å². The summed E-state index contributed by atoms with van der Waals surface area (Å²) in [5.74, 6) is 0.430. The zero-order valence-corrected chi connectivity index (χ0v) is 11.1. The summed E-state index contributed by atoms with van der Waals surface area (Å²) in [5, 5.41) is 14.9. The summed E-state index contributed by atoms with van der Waals surface area (Å²) in [5.41, 5.74) is 2.19. The molecule has 1 aliphatic rings. The molecule has 2 rings (SSSR count). The van der Waals surface area contributed by atoms with Gasteiger partial charge in [-0.1, -0.05) is 16.8 Å². The number of ether oxygens (including phenoxy) is 1. The number of carbonyl (C=O) groups excluding carboxylic acids is 1. The van der Waals surface area contributed by atoms with Crippen LogP contribution >= 0.6 is 0 Å². The molecule has 1 aliphatic carbocycles. The van der Waals surface area contributed by atoms with E-state index in [0.717, 1.165) is 18.4 Å². The number of aryl methyl sites for hydroxylation is 1. The van der Waals surface area contributed by atoms with Gasteiger partial charge in [-0.25, -0.2) is 0 Å². The van der Waals surface area contributed by atoms with Crippen molar-refractivity contribution >= 4 is 11.6 Å². The largest absolute Gasteiger partial charge is 0.483 e. The van der Waals surface area contributed by atoms with Crippen molar-refractivity contribution in [3.63, 3.8) is 0 Å². The van der Waals surface area contributed by atoms with Crippen LogP contribution in [0, 0.1) is 6.92 Å². The Morgan fingerprint density at radius 1 is 1.53 bits per heavy atom. The first kappa shape index (κ1) is 13.4. The number of amides is 1. The van der Waals surface area contributed by atoms with Crippen LogP contribution in [0.5, 0.6) is 5.75 Å². The van der Waals surface area contributed by atoms with Gasteiger partial charge in [0.25, 0.3) is 5.91 Å². The fraction of sp³-hybridized carbons (Fsp3) is 0.429. The van der Waals surface area contributed by atoms with Crippen LogP contribution in [-0.4, -0.2) is 29.5 Å². The Morgan fingerprint density at radius 3 is 2.89 bits per heavy atom. The molecular weight excluding hydrogens is 244 g/mol. The Hall–Kier alpha value is -2.04. The SMILES string of the molecule is C/C(=N\O)c1cc(C)ccc1OCC(=O)NC1CC1. The van der Waals surface area contributed by atoms with Crippen molar-refractivity contribution in [2.45, 2.75) is 32.7 Å². The van der Waals surface area contributed by atoms with Gasteiger partial charge in [-0.15, -0.1) is 0 Å². The second kappa shape index (κ2) is 5.73. The maximum Gasteiger partial charge on any atom is 0.258 e. The first-order valence-corrected chi connectivity index (χ1v) is 6.32. The zero-order valence-electron chi connectivity index (χ0n) is 11.1. The lowest BCUT2D eigenvalue weighted by atomic mass is 10.1. The second-order valence-electron chi connectivity index (χ2n) is 4.82. The third-order valence-corrected chi connectivity index (χ3v) is 2.98. The predicted molar refractivity (Wildman–Crippen MR) is 71.8 cm³/mol. The van der Waals surface area contributed by atoms with E-state index in [4.69, 9.17) is 9.94 Å². The summed E-state index contributed by atoms with van der Waals surface area (Å²) in [4.78, 5) is 11.6. The van der Waals surface area contributed by atoms with Gasteiger partial charge in [0.2, 0.25) is 0 Å². The third-order valence-electron chi connectivity index (χ3n) is 2.98. The number of nitrogens with zero attached hydrogens (tertiary/aromatic N) is 1. The van der Waals surface area contributed by atoms with Gasteiger partial charge in [0.15, 0.2) is 6.61 Å². The van der Waals surface area contributed by atoms with E-state index >= 15 is 0 Å². The average molecular weight is 262 g/mol.